The number of rotatable bonds is 3. The molecule has 48 heavy (non-hydrogen) atoms. The van der Waals surface area contributed by atoms with E-state index in [9.17, 15) is 0 Å². The molecule has 0 bridgehead atoms. The normalized spacial score (nSPS) is 12.2. The Hall–Kier alpha value is -6.66. The number of oxazole rings is 1. The van der Waals surface area contributed by atoms with Gasteiger partial charge < -0.3 is 13.4 Å². The van der Waals surface area contributed by atoms with Crippen LogP contribution in [0.4, 0.5) is 0 Å². The van der Waals surface area contributed by atoms with Gasteiger partial charge in [0.2, 0.25) is 5.89 Å². The molecular formula is C42H24N4O2. The van der Waals surface area contributed by atoms with Gasteiger partial charge in [0.15, 0.2) is 5.58 Å². The van der Waals surface area contributed by atoms with Crippen molar-refractivity contribution < 1.29 is 8.83 Å². The Labute approximate surface area is 272 Å². The Morgan fingerprint density at radius 1 is 0.458 bits per heavy atom. The van der Waals surface area contributed by atoms with Crippen LogP contribution in [0.25, 0.3) is 99.5 Å². The molecule has 0 saturated carbocycles. The summed E-state index contributed by atoms with van der Waals surface area (Å²) in [6.07, 6.45) is 1.80. The lowest BCUT2D eigenvalue weighted by Gasteiger charge is -2.09. The number of benzene rings is 6. The van der Waals surface area contributed by atoms with Crippen molar-refractivity contribution in [3.8, 4) is 28.3 Å². The molecule has 6 nitrogen and oxygen atoms in total. The Bertz CT molecular complexity index is 3080. The molecule has 0 saturated heterocycles. The SMILES string of the molecule is c1cc(-c2nc3c4ccccc4n4nccc4c3o2)cc(-n2c3ccccc3c3cc(-c4ccc5oc6ccccc6c5c4)ccc32)c1. The van der Waals surface area contributed by atoms with E-state index in [-0.39, 0.29) is 0 Å². The number of hydrogen-bond donors (Lipinski definition) is 0. The zero-order chi connectivity index (χ0) is 31.3. The molecular weight excluding hydrogens is 592 g/mol. The van der Waals surface area contributed by atoms with Crippen LogP contribution in [-0.4, -0.2) is 19.2 Å². The molecule has 5 heterocycles. The van der Waals surface area contributed by atoms with Crippen molar-refractivity contribution in [1.29, 1.82) is 0 Å². The van der Waals surface area contributed by atoms with Gasteiger partial charge in [0.25, 0.3) is 0 Å². The summed E-state index contributed by atoms with van der Waals surface area (Å²) >= 11 is 0. The first-order chi connectivity index (χ1) is 23.8. The molecule has 0 aliphatic heterocycles. The highest BCUT2D eigenvalue weighted by atomic mass is 16.3. The summed E-state index contributed by atoms with van der Waals surface area (Å²) in [6.45, 7) is 0. The zero-order valence-electron chi connectivity index (χ0n) is 25.5. The highest BCUT2D eigenvalue weighted by molar-refractivity contribution is 6.12. The Morgan fingerprint density at radius 2 is 1.19 bits per heavy atom. The second-order valence-electron chi connectivity index (χ2n) is 12.3. The molecule has 0 aliphatic rings. The second-order valence-corrected chi connectivity index (χ2v) is 12.3. The standard InChI is InChI=1S/C42H24N4O2/c1-4-13-34-29(10-1)32-23-25(26-17-19-39-33(24-26)30-11-3-6-15-38(30)47-39)16-18-35(32)45(34)28-9-7-8-27(22-28)42-44-40-31-12-2-5-14-36(31)46-37(20-21-43-46)41(40)48-42/h1-24H. The molecule has 0 aliphatic carbocycles. The molecule has 0 spiro atoms. The van der Waals surface area contributed by atoms with Crippen molar-refractivity contribution in [2.75, 3.05) is 0 Å². The quantitative estimate of drug-likeness (QED) is 0.198. The lowest BCUT2D eigenvalue weighted by atomic mass is 10.0. The van der Waals surface area contributed by atoms with Crippen LogP contribution in [0.15, 0.2) is 155 Å². The van der Waals surface area contributed by atoms with Gasteiger partial charge in [-0.05, 0) is 77.9 Å². The molecule has 6 aromatic carbocycles. The topological polar surface area (TPSA) is 61.4 Å². The van der Waals surface area contributed by atoms with Crippen LogP contribution < -0.4 is 0 Å². The van der Waals surface area contributed by atoms with Crippen molar-refractivity contribution in [3.63, 3.8) is 0 Å². The van der Waals surface area contributed by atoms with E-state index in [1.807, 2.05) is 34.8 Å². The molecule has 0 radical (unpaired) electrons. The van der Waals surface area contributed by atoms with E-state index >= 15 is 0 Å². The highest BCUT2D eigenvalue weighted by Crippen LogP contribution is 2.38. The maximum absolute atomic E-state index is 6.51. The predicted octanol–water partition coefficient (Wildman–Crippen LogP) is 11.0. The predicted molar refractivity (Wildman–Crippen MR) is 193 cm³/mol. The van der Waals surface area contributed by atoms with E-state index in [1.165, 1.54) is 10.8 Å². The van der Waals surface area contributed by atoms with Crippen molar-refractivity contribution in [2.45, 2.75) is 0 Å². The summed E-state index contributed by atoms with van der Waals surface area (Å²) in [6, 6.07) is 48.7. The molecule has 0 atom stereocenters. The summed E-state index contributed by atoms with van der Waals surface area (Å²) in [4.78, 5) is 5.05. The largest absolute Gasteiger partial charge is 0.456 e. The summed E-state index contributed by atoms with van der Waals surface area (Å²) in [5.74, 6) is 0.580. The van der Waals surface area contributed by atoms with Crippen molar-refractivity contribution in [3.05, 3.63) is 146 Å². The van der Waals surface area contributed by atoms with Crippen LogP contribution in [-0.2, 0) is 0 Å². The minimum atomic E-state index is 0.580. The van der Waals surface area contributed by atoms with Gasteiger partial charge in [-0.1, -0.05) is 72.8 Å². The first-order valence-electron chi connectivity index (χ1n) is 16.0. The third-order valence-corrected chi connectivity index (χ3v) is 9.62. The Kier molecular flexibility index (Phi) is 5.02. The number of hydrogen-bond acceptors (Lipinski definition) is 4. The average molecular weight is 617 g/mol. The van der Waals surface area contributed by atoms with Crippen molar-refractivity contribution >= 4 is 71.3 Å². The number of nitrogens with zero attached hydrogens (tertiary/aromatic N) is 4. The van der Waals surface area contributed by atoms with Crippen LogP contribution in [0, 0.1) is 0 Å². The lowest BCUT2D eigenvalue weighted by molar-refractivity contribution is 0.621. The van der Waals surface area contributed by atoms with E-state index in [1.54, 1.807) is 6.20 Å². The van der Waals surface area contributed by atoms with Crippen LogP contribution >= 0.6 is 0 Å². The van der Waals surface area contributed by atoms with Crippen molar-refractivity contribution in [1.82, 2.24) is 19.2 Å². The van der Waals surface area contributed by atoms with Gasteiger partial charge >= 0.3 is 0 Å². The molecule has 6 heteroatoms. The molecule has 0 N–H and O–H groups in total. The zero-order valence-corrected chi connectivity index (χ0v) is 25.5. The van der Waals surface area contributed by atoms with Crippen molar-refractivity contribution in [2.24, 2.45) is 0 Å². The third kappa shape index (κ3) is 3.51. The van der Waals surface area contributed by atoms with Gasteiger partial charge in [0.1, 0.15) is 22.2 Å². The highest BCUT2D eigenvalue weighted by Gasteiger charge is 2.19. The second kappa shape index (κ2) is 9.44. The maximum Gasteiger partial charge on any atom is 0.227 e. The summed E-state index contributed by atoms with van der Waals surface area (Å²) < 4.78 is 16.9. The number of fused-ring (bicyclic) bond motifs is 12. The van der Waals surface area contributed by atoms with Gasteiger partial charge in [-0.25, -0.2) is 9.50 Å². The number of aromatic nitrogens is 4. The summed E-state index contributed by atoms with van der Waals surface area (Å²) in [5, 5.41) is 10.2. The van der Waals surface area contributed by atoms with Crippen LogP contribution in [0.3, 0.4) is 0 Å². The third-order valence-electron chi connectivity index (χ3n) is 9.62. The van der Waals surface area contributed by atoms with Crippen LogP contribution in [0.5, 0.6) is 0 Å². The van der Waals surface area contributed by atoms with Crippen LogP contribution in [0.1, 0.15) is 0 Å². The fourth-order valence-corrected chi connectivity index (χ4v) is 7.44. The lowest BCUT2D eigenvalue weighted by Crippen LogP contribution is -1.94. The van der Waals surface area contributed by atoms with Gasteiger partial charge in [0.05, 0.1) is 22.7 Å². The van der Waals surface area contributed by atoms with Gasteiger partial charge in [0, 0.05) is 38.2 Å². The first kappa shape index (κ1) is 25.5. The van der Waals surface area contributed by atoms with Gasteiger partial charge in [-0.15, -0.1) is 0 Å². The number of para-hydroxylation sites is 3. The van der Waals surface area contributed by atoms with Gasteiger partial charge in [-0.3, -0.25) is 0 Å². The number of furan rings is 1. The first-order valence-corrected chi connectivity index (χ1v) is 16.0. The fourth-order valence-electron chi connectivity index (χ4n) is 7.44. The van der Waals surface area contributed by atoms with E-state index in [0.717, 1.165) is 82.9 Å². The monoisotopic (exact) mass is 616 g/mol. The van der Waals surface area contributed by atoms with E-state index < -0.39 is 0 Å². The van der Waals surface area contributed by atoms with Gasteiger partial charge in [-0.2, -0.15) is 5.10 Å². The molecule has 224 valence electrons. The summed E-state index contributed by atoms with van der Waals surface area (Å²) in [5.41, 5.74) is 11.8. The maximum atomic E-state index is 6.51. The molecule has 0 fully saturated rings. The van der Waals surface area contributed by atoms with E-state index in [4.69, 9.17) is 13.8 Å². The van der Waals surface area contributed by atoms with E-state index in [2.05, 4.69) is 119 Å². The number of pyridine rings is 1. The fraction of sp³-hybridized carbons (Fsp3) is 0. The molecule has 11 rings (SSSR count). The molecule has 11 aromatic rings. The van der Waals surface area contributed by atoms with Crippen LogP contribution in [0.2, 0.25) is 0 Å². The molecule has 5 aromatic heterocycles. The molecule has 0 amide bonds. The minimum Gasteiger partial charge on any atom is -0.456 e. The Balaban J connectivity index is 1.08. The summed E-state index contributed by atoms with van der Waals surface area (Å²) in [7, 11) is 0. The average Bonchev–Trinajstić information content (AvgIpc) is 3.94. The van der Waals surface area contributed by atoms with E-state index in [0.29, 0.717) is 5.89 Å². The minimum absolute atomic E-state index is 0.580. The molecule has 0 unspecified atom stereocenters. The Morgan fingerprint density at radius 3 is 2.10 bits per heavy atom. The smallest absolute Gasteiger partial charge is 0.227 e.